The van der Waals surface area contributed by atoms with Crippen LogP contribution in [0.4, 0.5) is 0 Å². The number of carbonyl (C=O) groups excluding carboxylic acids is 1. The lowest BCUT2D eigenvalue weighted by atomic mass is 10.1. The molecular formula is C14H17N5O2. The van der Waals surface area contributed by atoms with Gasteiger partial charge in [0.25, 0.3) is 5.91 Å². The molecule has 3 heterocycles. The molecule has 7 nitrogen and oxygen atoms in total. The number of hydrogen-bond donors (Lipinski definition) is 2. The second-order valence-electron chi connectivity index (χ2n) is 5.13. The molecular weight excluding hydrogens is 270 g/mol. The molecule has 0 aliphatic carbocycles. The normalized spacial score (nSPS) is 21.4. The molecule has 0 unspecified atom stereocenters. The Morgan fingerprint density at radius 2 is 2.33 bits per heavy atom. The summed E-state index contributed by atoms with van der Waals surface area (Å²) in [7, 11) is 0. The average molecular weight is 287 g/mol. The number of aromatic nitrogens is 4. The Kier molecular flexibility index (Phi) is 3.66. The van der Waals surface area contributed by atoms with Gasteiger partial charge in [0.1, 0.15) is 11.9 Å². The van der Waals surface area contributed by atoms with Gasteiger partial charge in [-0.1, -0.05) is 0 Å². The number of hydrogen-bond acceptors (Lipinski definition) is 5. The first-order valence-electron chi connectivity index (χ1n) is 6.87. The van der Waals surface area contributed by atoms with Crippen molar-refractivity contribution in [1.29, 1.82) is 0 Å². The number of pyridine rings is 1. The lowest BCUT2D eigenvalue weighted by molar-refractivity contribution is 0.0791. The molecule has 2 aromatic rings. The van der Waals surface area contributed by atoms with Crippen LogP contribution in [0.1, 0.15) is 40.1 Å². The molecule has 2 N–H and O–H groups in total. The molecule has 21 heavy (non-hydrogen) atoms. The maximum atomic E-state index is 12.3. The number of aromatic amines is 1. The quantitative estimate of drug-likeness (QED) is 0.881. The Hall–Kier alpha value is -2.28. The lowest BCUT2D eigenvalue weighted by Gasteiger charge is -2.17. The van der Waals surface area contributed by atoms with Crippen molar-refractivity contribution in [3.05, 3.63) is 41.2 Å². The minimum Gasteiger partial charge on any atom is -0.368 e. The van der Waals surface area contributed by atoms with Crippen molar-refractivity contribution < 1.29 is 9.53 Å². The summed E-state index contributed by atoms with van der Waals surface area (Å²) in [4.78, 5) is 20.6. The van der Waals surface area contributed by atoms with Crippen LogP contribution < -0.4 is 5.32 Å². The van der Waals surface area contributed by atoms with Crippen molar-refractivity contribution in [3.8, 4) is 0 Å². The van der Waals surface area contributed by atoms with Crippen LogP contribution in [0.25, 0.3) is 0 Å². The van der Waals surface area contributed by atoms with E-state index >= 15 is 0 Å². The fourth-order valence-corrected chi connectivity index (χ4v) is 2.43. The Bertz CT molecular complexity index is 654. The van der Waals surface area contributed by atoms with Gasteiger partial charge >= 0.3 is 0 Å². The molecule has 2 aromatic heterocycles. The summed E-state index contributed by atoms with van der Waals surface area (Å²) in [5, 5.41) is 9.91. The highest BCUT2D eigenvalue weighted by molar-refractivity contribution is 5.95. The Labute approximate surface area is 122 Å². The van der Waals surface area contributed by atoms with Crippen molar-refractivity contribution in [3.63, 3.8) is 0 Å². The van der Waals surface area contributed by atoms with Crippen LogP contribution in [0.15, 0.2) is 18.5 Å². The van der Waals surface area contributed by atoms with E-state index in [2.05, 4.69) is 25.5 Å². The monoisotopic (exact) mass is 287 g/mol. The molecule has 1 fully saturated rings. The summed E-state index contributed by atoms with van der Waals surface area (Å²) in [6.45, 7) is 4.30. The molecule has 1 saturated heterocycles. The predicted molar refractivity (Wildman–Crippen MR) is 74.7 cm³/mol. The molecule has 0 saturated carbocycles. The minimum absolute atomic E-state index is 0.132. The van der Waals surface area contributed by atoms with E-state index in [0.29, 0.717) is 18.0 Å². The molecule has 1 aliphatic rings. The maximum absolute atomic E-state index is 12.3. The maximum Gasteiger partial charge on any atom is 0.253 e. The fourth-order valence-electron chi connectivity index (χ4n) is 2.43. The van der Waals surface area contributed by atoms with Crippen molar-refractivity contribution >= 4 is 5.91 Å². The van der Waals surface area contributed by atoms with E-state index < -0.39 is 0 Å². The fraction of sp³-hybridized carbons (Fsp3) is 0.429. The molecule has 3 rings (SSSR count). The van der Waals surface area contributed by atoms with Crippen molar-refractivity contribution in [1.82, 2.24) is 25.5 Å². The number of nitrogens with zero attached hydrogens (tertiary/aromatic N) is 3. The zero-order valence-electron chi connectivity index (χ0n) is 12.0. The predicted octanol–water partition coefficient (Wildman–Crippen LogP) is 1.08. The van der Waals surface area contributed by atoms with E-state index in [1.165, 1.54) is 0 Å². The van der Waals surface area contributed by atoms with Crippen molar-refractivity contribution in [2.24, 2.45) is 0 Å². The Morgan fingerprint density at radius 1 is 1.48 bits per heavy atom. The van der Waals surface area contributed by atoms with Crippen molar-refractivity contribution in [2.75, 3.05) is 6.61 Å². The third-order valence-electron chi connectivity index (χ3n) is 3.56. The summed E-state index contributed by atoms with van der Waals surface area (Å²) in [6.07, 6.45) is 3.68. The van der Waals surface area contributed by atoms with Gasteiger partial charge in [0.05, 0.1) is 11.6 Å². The molecule has 0 bridgehead atoms. The molecule has 0 radical (unpaired) electrons. The summed E-state index contributed by atoms with van der Waals surface area (Å²) in [5.41, 5.74) is 1.47. The van der Waals surface area contributed by atoms with E-state index in [9.17, 15) is 4.79 Å². The van der Waals surface area contributed by atoms with Gasteiger partial charge in [0, 0.05) is 19.0 Å². The second kappa shape index (κ2) is 5.61. The number of amides is 1. The second-order valence-corrected chi connectivity index (χ2v) is 5.13. The number of aryl methyl sites for hydroxylation is 2. The standard InChI is InChI=1S/C14H17N5O2/c1-8-3-5-15-7-10(8)14(20)17-11-4-6-21-12(11)13-16-9(2)18-19-13/h3,5,7,11-12H,4,6H2,1-2H3,(H,17,20)(H,16,18,19)/t11-,12+/m0/s1. The summed E-state index contributed by atoms with van der Waals surface area (Å²) in [6, 6.07) is 1.68. The highest BCUT2D eigenvalue weighted by Gasteiger charge is 2.34. The van der Waals surface area contributed by atoms with Gasteiger partial charge in [-0.05, 0) is 31.9 Å². The van der Waals surface area contributed by atoms with Crippen molar-refractivity contribution in [2.45, 2.75) is 32.4 Å². The van der Waals surface area contributed by atoms with Crippen LogP contribution in [0, 0.1) is 13.8 Å². The topological polar surface area (TPSA) is 92.8 Å². The van der Waals surface area contributed by atoms with E-state index in [1.807, 2.05) is 19.9 Å². The summed E-state index contributed by atoms with van der Waals surface area (Å²) >= 11 is 0. The van der Waals surface area contributed by atoms with Gasteiger partial charge in [0.2, 0.25) is 0 Å². The summed E-state index contributed by atoms with van der Waals surface area (Å²) in [5.74, 6) is 1.17. The average Bonchev–Trinajstić information content (AvgIpc) is 3.08. The summed E-state index contributed by atoms with van der Waals surface area (Å²) < 4.78 is 5.66. The largest absolute Gasteiger partial charge is 0.368 e. The zero-order chi connectivity index (χ0) is 14.8. The highest BCUT2D eigenvalue weighted by Crippen LogP contribution is 2.27. The zero-order valence-corrected chi connectivity index (χ0v) is 12.0. The van der Waals surface area contributed by atoms with Gasteiger partial charge in [0.15, 0.2) is 5.82 Å². The molecule has 0 aromatic carbocycles. The Balaban J connectivity index is 1.75. The van der Waals surface area contributed by atoms with Gasteiger partial charge < -0.3 is 10.1 Å². The molecule has 110 valence electrons. The van der Waals surface area contributed by atoms with Crippen LogP contribution in [-0.4, -0.2) is 38.7 Å². The first kappa shape index (κ1) is 13.7. The van der Waals surface area contributed by atoms with Gasteiger partial charge in [-0.25, -0.2) is 4.98 Å². The van der Waals surface area contributed by atoms with E-state index in [4.69, 9.17) is 4.74 Å². The smallest absolute Gasteiger partial charge is 0.253 e. The van der Waals surface area contributed by atoms with E-state index in [-0.39, 0.29) is 18.1 Å². The van der Waals surface area contributed by atoms with Crippen LogP contribution in [0.2, 0.25) is 0 Å². The van der Waals surface area contributed by atoms with Crippen LogP contribution in [0.5, 0.6) is 0 Å². The number of ether oxygens (including phenoxy) is 1. The van der Waals surface area contributed by atoms with Gasteiger partial charge in [-0.2, -0.15) is 5.10 Å². The minimum atomic E-state index is -0.309. The number of H-pyrrole nitrogens is 1. The molecule has 1 amide bonds. The van der Waals surface area contributed by atoms with Gasteiger partial charge in [-0.3, -0.25) is 14.9 Å². The lowest BCUT2D eigenvalue weighted by Crippen LogP contribution is -2.37. The molecule has 1 aliphatic heterocycles. The third kappa shape index (κ3) is 2.78. The molecule has 2 atom stereocenters. The van der Waals surface area contributed by atoms with E-state index in [1.54, 1.807) is 12.4 Å². The number of carbonyl (C=O) groups is 1. The van der Waals surface area contributed by atoms with E-state index in [0.717, 1.165) is 17.8 Å². The molecule has 7 heteroatoms. The van der Waals surface area contributed by atoms with Crippen LogP contribution >= 0.6 is 0 Å². The number of nitrogens with one attached hydrogen (secondary N) is 2. The molecule has 0 spiro atoms. The number of rotatable bonds is 3. The first-order valence-corrected chi connectivity index (χ1v) is 6.87. The highest BCUT2D eigenvalue weighted by atomic mass is 16.5. The Morgan fingerprint density at radius 3 is 3.05 bits per heavy atom. The first-order chi connectivity index (χ1) is 10.1. The van der Waals surface area contributed by atoms with Crippen LogP contribution in [0.3, 0.4) is 0 Å². The SMILES string of the molecule is Cc1nc([C@@H]2OCC[C@@H]2NC(=O)c2cnccc2C)n[nH]1. The van der Waals surface area contributed by atoms with Crippen LogP contribution in [-0.2, 0) is 4.74 Å². The van der Waals surface area contributed by atoms with Gasteiger partial charge in [-0.15, -0.1) is 0 Å². The third-order valence-corrected chi connectivity index (χ3v) is 3.56.